The number of phenols is 2. The Labute approximate surface area is 69.0 Å². The van der Waals surface area contributed by atoms with Gasteiger partial charge in [-0.2, -0.15) is 0 Å². The van der Waals surface area contributed by atoms with E-state index in [1.54, 1.807) is 6.92 Å². The molecule has 0 aliphatic heterocycles. The van der Waals surface area contributed by atoms with Crippen LogP contribution >= 0.6 is 0 Å². The van der Waals surface area contributed by atoms with Gasteiger partial charge in [-0.3, -0.25) is 4.79 Å². The smallest absolute Gasteiger partial charge is 0.298 e. The topological polar surface area (TPSA) is 66.8 Å². The highest BCUT2D eigenvalue weighted by atomic mass is 16.5. The van der Waals surface area contributed by atoms with Gasteiger partial charge in [0.05, 0.1) is 0 Å². The highest BCUT2D eigenvalue weighted by molar-refractivity contribution is 5.54. The average Bonchev–Trinajstić information content (AvgIpc) is 2.01. The molecule has 64 valence electrons. The SMILES string of the molecule is Cc1cc(O)c(OC=O)cc1O. The predicted molar refractivity (Wildman–Crippen MR) is 41.2 cm³/mol. The number of phenolic OH excluding ortho intramolecular Hbond substituents is 2. The minimum atomic E-state index is -0.169. The van der Waals surface area contributed by atoms with Crippen LogP contribution in [0.5, 0.6) is 17.2 Å². The lowest BCUT2D eigenvalue weighted by Gasteiger charge is -2.03. The van der Waals surface area contributed by atoms with Crippen molar-refractivity contribution in [2.75, 3.05) is 0 Å². The minimum absolute atomic E-state index is 0.0235. The molecule has 1 aromatic carbocycles. The molecule has 0 heterocycles. The van der Waals surface area contributed by atoms with E-state index in [-0.39, 0.29) is 23.7 Å². The molecule has 0 aliphatic rings. The Morgan fingerprint density at radius 2 is 2.00 bits per heavy atom. The van der Waals surface area contributed by atoms with Crippen LogP contribution in [0.3, 0.4) is 0 Å². The first kappa shape index (κ1) is 8.39. The second kappa shape index (κ2) is 3.13. The van der Waals surface area contributed by atoms with Gasteiger partial charge >= 0.3 is 0 Å². The van der Waals surface area contributed by atoms with E-state index < -0.39 is 0 Å². The van der Waals surface area contributed by atoms with E-state index in [0.29, 0.717) is 5.56 Å². The third-order valence-corrected chi connectivity index (χ3v) is 1.45. The molecule has 0 bridgehead atoms. The second-order valence-corrected chi connectivity index (χ2v) is 2.32. The monoisotopic (exact) mass is 168 g/mol. The Kier molecular flexibility index (Phi) is 2.19. The zero-order valence-electron chi connectivity index (χ0n) is 6.44. The van der Waals surface area contributed by atoms with Crippen LogP contribution in [0.15, 0.2) is 12.1 Å². The molecule has 4 heteroatoms. The van der Waals surface area contributed by atoms with Crippen LogP contribution in [0.25, 0.3) is 0 Å². The number of aryl methyl sites for hydroxylation is 1. The Morgan fingerprint density at radius 3 is 2.58 bits per heavy atom. The van der Waals surface area contributed by atoms with E-state index in [2.05, 4.69) is 4.74 Å². The van der Waals surface area contributed by atoms with Crippen LogP contribution in [0.4, 0.5) is 0 Å². The summed E-state index contributed by atoms with van der Waals surface area (Å²) in [7, 11) is 0. The molecule has 0 aromatic heterocycles. The number of carbonyl (C=O) groups excluding carboxylic acids is 1. The molecule has 0 unspecified atom stereocenters. The maximum Gasteiger partial charge on any atom is 0.298 e. The molecule has 0 atom stereocenters. The van der Waals surface area contributed by atoms with E-state index in [1.807, 2.05) is 0 Å². The lowest BCUT2D eigenvalue weighted by Crippen LogP contribution is -1.89. The maximum atomic E-state index is 9.91. The molecule has 0 spiro atoms. The van der Waals surface area contributed by atoms with E-state index in [1.165, 1.54) is 12.1 Å². The lowest BCUT2D eigenvalue weighted by atomic mass is 10.2. The third kappa shape index (κ3) is 1.47. The lowest BCUT2D eigenvalue weighted by molar-refractivity contribution is -0.120. The standard InChI is InChI=1S/C8H8O4/c1-5-2-7(11)8(12-4-9)3-6(5)10/h2-4,10-11H,1H3. The quantitative estimate of drug-likeness (QED) is 0.509. The van der Waals surface area contributed by atoms with E-state index in [9.17, 15) is 4.79 Å². The maximum absolute atomic E-state index is 9.91. The first-order valence-electron chi connectivity index (χ1n) is 3.28. The van der Waals surface area contributed by atoms with Crippen molar-refractivity contribution in [3.63, 3.8) is 0 Å². The first-order chi connectivity index (χ1) is 5.65. The number of rotatable bonds is 2. The summed E-state index contributed by atoms with van der Waals surface area (Å²) in [5.41, 5.74) is 0.519. The van der Waals surface area contributed by atoms with Crippen molar-refractivity contribution in [2.45, 2.75) is 6.92 Å². The van der Waals surface area contributed by atoms with Gasteiger partial charge in [-0.05, 0) is 18.6 Å². The van der Waals surface area contributed by atoms with Gasteiger partial charge in [0.1, 0.15) is 5.75 Å². The molecule has 4 nitrogen and oxygen atoms in total. The molecule has 0 saturated heterocycles. The number of hydrogen-bond donors (Lipinski definition) is 2. The Balaban J connectivity index is 3.13. The molecule has 12 heavy (non-hydrogen) atoms. The predicted octanol–water partition coefficient (Wildman–Crippen LogP) is 0.941. The summed E-state index contributed by atoms with van der Waals surface area (Å²) in [6, 6.07) is 2.49. The fraction of sp³-hybridized carbons (Fsp3) is 0.125. The van der Waals surface area contributed by atoms with Crippen molar-refractivity contribution >= 4 is 6.47 Å². The normalized spacial score (nSPS) is 9.42. The second-order valence-electron chi connectivity index (χ2n) is 2.32. The van der Waals surface area contributed by atoms with Crippen LogP contribution in [-0.2, 0) is 4.79 Å². The third-order valence-electron chi connectivity index (χ3n) is 1.45. The molecule has 1 aromatic rings. The summed E-state index contributed by atoms with van der Waals surface area (Å²) in [4.78, 5) is 9.91. The van der Waals surface area contributed by atoms with Crippen LogP contribution in [-0.4, -0.2) is 16.7 Å². The van der Waals surface area contributed by atoms with Crippen molar-refractivity contribution in [1.29, 1.82) is 0 Å². The molecular formula is C8H8O4. The molecule has 1 rings (SSSR count). The summed E-state index contributed by atoms with van der Waals surface area (Å²) in [5, 5.41) is 18.3. The number of aromatic hydroxyl groups is 2. The van der Waals surface area contributed by atoms with Gasteiger partial charge in [0.2, 0.25) is 0 Å². The Bertz CT molecular complexity index is 306. The van der Waals surface area contributed by atoms with E-state index in [0.717, 1.165) is 0 Å². The minimum Gasteiger partial charge on any atom is -0.508 e. The van der Waals surface area contributed by atoms with Gasteiger partial charge in [-0.25, -0.2) is 0 Å². The first-order valence-corrected chi connectivity index (χ1v) is 3.28. The molecule has 0 fully saturated rings. The van der Waals surface area contributed by atoms with Crippen molar-refractivity contribution in [3.05, 3.63) is 17.7 Å². The van der Waals surface area contributed by atoms with Gasteiger partial charge in [0, 0.05) is 6.07 Å². The molecule has 2 N–H and O–H groups in total. The molecule has 0 aliphatic carbocycles. The molecular weight excluding hydrogens is 160 g/mol. The van der Waals surface area contributed by atoms with E-state index in [4.69, 9.17) is 10.2 Å². The highest BCUT2D eigenvalue weighted by Crippen LogP contribution is 2.32. The Morgan fingerprint density at radius 1 is 1.33 bits per heavy atom. The van der Waals surface area contributed by atoms with Crippen molar-refractivity contribution < 1.29 is 19.7 Å². The van der Waals surface area contributed by atoms with Gasteiger partial charge in [0.25, 0.3) is 6.47 Å². The summed E-state index contributed by atoms with van der Waals surface area (Å²) in [6.07, 6.45) is 0. The van der Waals surface area contributed by atoms with Gasteiger partial charge in [-0.1, -0.05) is 0 Å². The summed E-state index contributed by atoms with van der Waals surface area (Å²) < 4.78 is 4.38. The average molecular weight is 168 g/mol. The van der Waals surface area contributed by atoms with Crippen molar-refractivity contribution in [1.82, 2.24) is 0 Å². The highest BCUT2D eigenvalue weighted by Gasteiger charge is 2.05. The fourth-order valence-corrected chi connectivity index (χ4v) is 0.808. The fourth-order valence-electron chi connectivity index (χ4n) is 0.808. The zero-order valence-corrected chi connectivity index (χ0v) is 6.44. The van der Waals surface area contributed by atoms with Crippen LogP contribution in [0.2, 0.25) is 0 Å². The van der Waals surface area contributed by atoms with Gasteiger partial charge < -0.3 is 14.9 Å². The zero-order chi connectivity index (χ0) is 9.14. The van der Waals surface area contributed by atoms with E-state index >= 15 is 0 Å². The number of carbonyl (C=O) groups is 1. The van der Waals surface area contributed by atoms with Crippen LogP contribution in [0, 0.1) is 6.92 Å². The number of benzene rings is 1. The summed E-state index contributed by atoms with van der Waals surface area (Å²) in [6.45, 7) is 1.81. The van der Waals surface area contributed by atoms with Crippen molar-refractivity contribution in [2.24, 2.45) is 0 Å². The molecule has 0 amide bonds. The van der Waals surface area contributed by atoms with Crippen LogP contribution in [0.1, 0.15) is 5.56 Å². The summed E-state index contributed by atoms with van der Waals surface area (Å²) in [5.74, 6) is -0.241. The molecule has 0 saturated carbocycles. The van der Waals surface area contributed by atoms with Gasteiger partial charge in [0.15, 0.2) is 11.5 Å². The van der Waals surface area contributed by atoms with Crippen LogP contribution < -0.4 is 4.74 Å². The summed E-state index contributed by atoms with van der Waals surface area (Å²) >= 11 is 0. The number of hydrogen-bond acceptors (Lipinski definition) is 4. The van der Waals surface area contributed by atoms with Crippen molar-refractivity contribution in [3.8, 4) is 17.2 Å². The van der Waals surface area contributed by atoms with Gasteiger partial charge in [-0.15, -0.1) is 0 Å². The largest absolute Gasteiger partial charge is 0.508 e. The molecule has 0 radical (unpaired) electrons. The Hall–Kier alpha value is -1.71. The number of ether oxygens (including phenoxy) is 1.